The van der Waals surface area contributed by atoms with Gasteiger partial charge in [0.15, 0.2) is 4.96 Å². The molecule has 0 unspecified atom stereocenters. The van der Waals surface area contributed by atoms with Crippen molar-refractivity contribution < 1.29 is 4.79 Å². The van der Waals surface area contributed by atoms with E-state index in [0.29, 0.717) is 13.0 Å². The van der Waals surface area contributed by atoms with Crippen LogP contribution in [0.3, 0.4) is 0 Å². The molecule has 2 aromatic heterocycles. The summed E-state index contributed by atoms with van der Waals surface area (Å²) in [5.74, 6) is 0.0721. The minimum atomic E-state index is 0.0721. The zero-order valence-electron chi connectivity index (χ0n) is 14.5. The number of likely N-dealkylation sites (N-methyl/N-ethyl adjacent to an activating group) is 1. The molecule has 130 valence electrons. The van der Waals surface area contributed by atoms with Gasteiger partial charge in [0.2, 0.25) is 5.91 Å². The number of rotatable bonds is 5. The largest absolute Gasteiger partial charge is 0.341 e. The number of carbonyl (C=O) groups excluding carboxylic acids is 1. The molecule has 4 rings (SSSR count). The molecule has 5 heteroatoms. The number of amides is 1. The lowest BCUT2D eigenvalue weighted by atomic mass is 10.0. The summed E-state index contributed by atoms with van der Waals surface area (Å²) in [4.78, 5) is 19.6. The van der Waals surface area contributed by atoms with E-state index in [9.17, 15) is 4.79 Å². The SMILES string of the molecule is CN(Cc1ccc(-c2ccccc2)cc1)C(=O)Cc1cn2ccsc2n1. The molecule has 1 amide bonds. The van der Waals surface area contributed by atoms with E-state index < -0.39 is 0 Å². The number of hydrogen-bond acceptors (Lipinski definition) is 3. The molecule has 2 heterocycles. The first-order valence-electron chi connectivity index (χ1n) is 8.48. The Balaban J connectivity index is 1.39. The van der Waals surface area contributed by atoms with Crippen LogP contribution in [0.4, 0.5) is 0 Å². The molecule has 0 atom stereocenters. The zero-order valence-corrected chi connectivity index (χ0v) is 15.3. The van der Waals surface area contributed by atoms with Crippen molar-refractivity contribution in [2.75, 3.05) is 7.05 Å². The van der Waals surface area contributed by atoms with Gasteiger partial charge < -0.3 is 4.90 Å². The van der Waals surface area contributed by atoms with Crippen molar-refractivity contribution in [2.24, 2.45) is 0 Å². The van der Waals surface area contributed by atoms with Crippen molar-refractivity contribution in [3.05, 3.63) is 83.6 Å². The van der Waals surface area contributed by atoms with Gasteiger partial charge in [0, 0.05) is 31.4 Å². The highest BCUT2D eigenvalue weighted by molar-refractivity contribution is 7.15. The molecule has 0 aliphatic rings. The summed E-state index contributed by atoms with van der Waals surface area (Å²) in [6.45, 7) is 0.593. The Bertz CT molecular complexity index is 990. The number of benzene rings is 2. The van der Waals surface area contributed by atoms with E-state index in [1.807, 2.05) is 47.4 Å². The predicted octanol–water partition coefficient (Wildman–Crippen LogP) is 4.26. The second kappa shape index (κ2) is 7.14. The van der Waals surface area contributed by atoms with E-state index in [1.54, 1.807) is 16.2 Å². The second-order valence-corrected chi connectivity index (χ2v) is 7.19. The summed E-state index contributed by atoms with van der Waals surface area (Å²) < 4.78 is 1.95. The van der Waals surface area contributed by atoms with Crippen LogP contribution in [-0.4, -0.2) is 27.2 Å². The maximum atomic E-state index is 12.5. The molecule has 0 saturated carbocycles. The normalized spacial score (nSPS) is 11.0. The number of carbonyl (C=O) groups is 1. The van der Waals surface area contributed by atoms with Gasteiger partial charge in [0.05, 0.1) is 12.1 Å². The Labute approximate surface area is 156 Å². The summed E-state index contributed by atoms with van der Waals surface area (Å²) in [6.07, 6.45) is 4.21. The van der Waals surface area contributed by atoms with Crippen LogP contribution in [0.2, 0.25) is 0 Å². The maximum absolute atomic E-state index is 12.5. The molecule has 0 bridgehead atoms. The third kappa shape index (κ3) is 3.53. The summed E-state index contributed by atoms with van der Waals surface area (Å²) >= 11 is 1.57. The van der Waals surface area contributed by atoms with Crippen LogP contribution >= 0.6 is 11.3 Å². The van der Waals surface area contributed by atoms with Gasteiger partial charge >= 0.3 is 0 Å². The minimum absolute atomic E-state index is 0.0721. The van der Waals surface area contributed by atoms with Crippen LogP contribution < -0.4 is 0 Å². The van der Waals surface area contributed by atoms with Gasteiger partial charge in [-0.25, -0.2) is 4.98 Å². The van der Waals surface area contributed by atoms with E-state index in [2.05, 4.69) is 41.4 Å². The van der Waals surface area contributed by atoms with Crippen molar-refractivity contribution >= 4 is 22.2 Å². The lowest BCUT2D eigenvalue weighted by Crippen LogP contribution is -2.27. The highest BCUT2D eigenvalue weighted by Gasteiger charge is 2.13. The molecular formula is C21H19N3OS. The van der Waals surface area contributed by atoms with Crippen molar-refractivity contribution in [3.63, 3.8) is 0 Å². The Morgan fingerprint density at radius 3 is 2.54 bits per heavy atom. The molecule has 4 nitrogen and oxygen atoms in total. The first kappa shape index (κ1) is 16.5. The fraction of sp³-hybridized carbons (Fsp3) is 0.143. The van der Waals surface area contributed by atoms with E-state index in [4.69, 9.17) is 0 Å². The van der Waals surface area contributed by atoms with Crippen LogP contribution in [0.15, 0.2) is 72.4 Å². The highest BCUT2D eigenvalue weighted by Crippen LogP contribution is 2.20. The number of hydrogen-bond donors (Lipinski definition) is 0. The number of fused-ring (bicyclic) bond motifs is 1. The lowest BCUT2D eigenvalue weighted by molar-refractivity contribution is -0.129. The molecule has 26 heavy (non-hydrogen) atoms. The molecule has 2 aromatic carbocycles. The standard InChI is InChI=1S/C21H19N3OS/c1-23(20(25)13-19-15-24-11-12-26-21(24)22-19)14-16-7-9-18(10-8-16)17-5-3-2-4-6-17/h2-12,15H,13-14H2,1H3. The number of thiazole rings is 1. The summed E-state index contributed by atoms with van der Waals surface area (Å²) in [6, 6.07) is 18.7. The lowest BCUT2D eigenvalue weighted by Gasteiger charge is -2.17. The smallest absolute Gasteiger partial charge is 0.228 e. The average Bonchev–Trinajstić information content (AvgIpc) is 3.24. The van der Waals surface area contributed by atoms with E-state index in [-0.39, 0.29) is 5.91 Å². The predicted molar refractivity (Wildman–Crippen MR) is 105 cm³/mol. The van der Waals surface area contributed by atoms with Gasteiger partial charge in [-0.2, -0.15) is 0 Å². The van der Waals surface area contributed by atoms with E-state index >= 15 is 0 Å². The number of imidazole rings is 1. The Morgan fingerprint density at radius 1 is 1.08 bits per heavy atom. The second-order valence-electron chi connectivity index (χ2n) is 6.31. The third-order valence-electron chi connectivity index (χ3n) is 4.38. The van der Waals surface area contributed by atoms with Crippen LogP contribution in [0.25, 0.3) is 16.1 Å². The van der Waals surface area contributed by atoms with Crippen molar-refractivity contribution in [1.82, 2.24) is 14.3 Å². The maximum Gasteiger partial charge on any atom is 0.228 e. The first-order valence-corrected chi connectivity index (χ1v) is 9.36. The van der Waals surface area contributed by atoms with E-state index in [0.717, 1.165) is 16.2 Å². The fourth-order valence-electron chi connectivity index (χ4n) is 2.95. The topological polar surface area (TPSA) is 37.6 Å². The highest BCUT2D eigenvalue weighted by atomic mass is 32.1. The molecule has 0 spiro atoms. The number of aromatic nitrogens is 2. The molecule has 0 radical (unpaired) electrons. The van der Waals surface area contributed by atoms with Gasteiger partial charge in [0.25, 0.3) is 0 Å². The van der Waals surface area contributed by atoms with E-state index in [1.165, 1.54) is 11.1 Å². The number of nitrogens with zero attached hydrogens (tertiary/aromatic N) is 3. The van der Waals surface area contributed by atoms with Crippen LogP contribution in [0, 0.1) is 0 Å². The van der Waals surface area contributed by atoms with Crippen molar-refractivity contribution in [1.29, 1.82) is 0 Å². The summed E-state index contributed by atoms with van der Waals surface area (Å²) in [7, 11) is 1.84. The molecule has 0 aliphatic heterocycles. The average molecular weight is 361 g/mol. The van der Waals surface area contributed by atoms with Gasteiger partial charge in [-0.05, 0) is 16.7 Å². The van der Waals surface area contributed by atoms with Crippen LogP contribution in [-0.2, 0) is 17.8 Å². The quantitative estimate of drug-likeness (QED) is 0.532. The molecule has 4 aromatic rings. The molecular weight excluding hydrogens is 342 g/mol. The van der Waals surface area contributed by atoms with Gasteiger partial charge in [-0.3, -0.25) is 9.20 Å². The van der Waals surface area contributed by atoms with Crippen molar-refractivity contribution in [2.45, 2.75) is 13.0 Å². The van der Waals surface area contributed by atoms with Crippen LogP contribution in [0.5, 0.6) is 0 Å². The summed E-state index contributed by atoms with van der Waals surface area (Å²) in [5.41, 5.74) is 4.31. The minimum Gasteiger partial charge on any atom is -0.341 e. The van der Waals surface area contributed by atoms with Crippen LogP contribution in [0.1, 0.15) is 11.3 Å². The Morgan fingerprint density at radius 2 is 1.81 bits per heavy atom. The Hall–Kier alpha value is -2.92. The first-order chi connectivity index (χ1) is 12.7. The molecule has 0 N–H and O–H groups in total. The third-order valence-corrected chi connectivity index (χ3v) is 5.15. The Kier molecular flexibility index (Phi) is 4.54. The molecule has 0 saturated heterocycles. The zero-order chi connectivity index (χ0) is 17.9. The summed E-state index contributed by atoms with van der Waals surface area (Å²) in [5, 5.41) is 1.99. The monoisotopic (exact) mass is 361 g/mol. The van der Waals surface area contributed by atoms with Gasteiger partial charge in [-0.15, -0.1) is 11.3 Å². The molecule has 0 aliphatic carbocycles. The molecule has 0 fully saturated rings. The fourth-order valence-corrected chi connectivity index (χ4v) is 3.67. The van der Waals surface area contributed by atoms with Gasteiger partial charge in [0.1, 0.15) is 0 Å². The van der Waals surface area contributed by atoms with Crippen molar-refractivity contribution in [3.8, 4) is 11.1 Å². The van der Waals surface area contributed by atoms with Gasteiger partial charge in [-0.1, -0.05) is 54.6 Å².